The summed E-state index contributed by atoms with van der Waals surface area (Å²) in [6.07, 6.45) is 0. The van der Waals surface area contributed by atoms with Crippen molar-refractivity contribution in [2.24, 2.45) is 0 Å². The molecule has 0 aliphatic rings. The number of carboxylic acids is 1. The smallest absolute Gasteiger partial charge is 0.327 e. The molecule has 2 N–H and O–H groups in total. The molecule has 0 saturated carbocycles. The van der Waals surface area contributed by atoms with Crippen molar-refractivity contribution in [1.82, 2.24) is 5.32 Å². The van der Waals surface area contributed by atoms with Crippen molar-refractivity contribution in [1.29, 1.82) is 5.26 Å². The van der Waals surface area contributed by atoms with Crippen LogP contribution in [0.3, 0.4) is 0 Å². The van der Waals surface area contributed by atoms with E-state index in [0.29, 0.717) is 0 Å². The van der Waals surface area contributed by atoms with E-state index < -0.39 is 34.5 Å². The monoisotopic (exact) mass is 312 g/mol. The van der Waals surface area contributed by atoms with Gasteiger partial charge in [0.05, 0.1) is 23.1 Å². The lowest BCUT2D eigenvalue weighted by Crippen LogP contribution is -2.43. The van der Waals surface area contributed by atoms with Gasteiger partial charge in [0.25, 0.3) is 0 Å². The van der Waals surface area contributed by atoms with Crippen LogP contribution in [-0.2, 0) is 26.1 Å². The summed E-state index contributed by atoms with van der Waals surface area (Å²) >= 11 is 0. The van der Waals surface area contributed by atoms with E-state index in [2.05, 4.69) is 5.32 Å². The molecule has 6 nitrogen and oxygen atoms in total. The van der Waals surface area contributed by atoms with Crippen LogP contribution in [0.25, 0.3) is 0 Å². The third kappa shape index (κ3) is 5.31. The Morgan fingerprint density at radius 1 is 1.52 bits per heavy atom. The van der Waals surface area contributed by atoms with Crippen molar-refractivity contribution in [3.05, 3.63) is 35.1 Å². The molecular weight excluding hydrogens is 299 g/mol. The van der Waals surface area contributed by atoms with Crippen LogP contribution in [0.1, 0.15) is 18.1 Å². The van der Waals surface area contributed by atoms with Crippen LogP contribution in [0.4, 0.5) is 4.39 Å². The molecule has 1 rings (SSSR count). The van der Waals surface area contributed by atoms with Gasteiger partial charge in [-0.05, 0) is 18.2 Å². The Bertz CT molecular complexity index is 627. The maximum Gasteiger partial charge on any atom is 0.327 e. The summed E-state index contributed by atoms with van der Waals surface area (Å²) in [6, 6.07) is 4.18. The van der Waals surface area contributed by atoms with E-state index in [1.807, 2.05) is 6.07 Å². The molecule has 1 aromatic carbocycles. The van der Waals surface area contributed by atoms with E-state index in [4.69, 9.17) is 10.4 Å². The van der Waals surface area contributed by atoms with Crippen molar-refractivity contribution in [2.45, 2.75) is 18.7 Å². The molecule has 2 atom stereocenters. The van der Waals surface area contributed by atoms with Gasteiger partial charge in [0.1, 0.15) is 11.9 Å². The SMILES string of the molecule is CC(=O)N[C@@H](CS(=O)Cc1cc(C#N)ccc1F)C(=O)O. The number of carbonyl (C=O) groups excluding carboxylic acids is 1. The Morgan fingerprint density at radius 2 is 2.19 bits per heavy atom. The topological polar surface area (TPSA) is 107 Å². The average Bonchev–Trinajstić information content (AvgIpc) is 2.39. The maximum atomic E-state index is 13.5. The fourth-order valence-electron chi connectivity index (χ4n) is 1.59. The van der Waals surface area contributed by atoms with Gasteiger partial charge >= 0.3 is 5.97 Å². The van der Waals surface area contributed by atoms with Gasteiger partial charge < -0.3 is 10.4 Å². The first-order chi connectivity index (χ1) is 9.83. The second kappa shape index (κ2) is 7.50. The number of hydrogen-bond acceptors (Lipinski definition) is 4. The molecule has 0 fully saturated rings. The first-order valence-corrected chi connectivity index (χ1v) is 7.35. The number of nitrogens with zero attached hydrogens (tertiary/aromatic N) is 1. The van der Waals surface area contributed by atoms with Gasteiger partial charge in [-0.25, -0.2) is 9.18 Å². The first kappa shape index (κ1) is 16.8. The molecule has 1 aromatic rings. The van der Waals surface area contributed by atoms with Crippen LogP contribution in [0.5, 0.6) is 0 Å². The van der Waals surface area contributed by atoms with E-state index in [-0.39, 0.29) is 22.6 Å². The summed E-state index contributed by atoms with van der Waals surface area (Å²) < 4.78 is 25.5. The second-order valence-electron chi connectivity index (χ2n) is 4.26. The summed E-state index contributed by atoms with van der Waals surface area (Å²) in [4.78, 5) is 21.8. The maximum absolute atomic E-state index is 13.5. The number of aliphatic carboxylic acids is 1. The Hall–Kier alpha value is -2.27. The van der Waals surface area contributed by atoms with Gasteiger partial charge in [0.15, 0.2) is 0 Å². The molecule has 1 amide bonds. The van der Waals surface area contributed by atoms with Crippen LogP contribution >= 0.6 is 0 Å². The predicted octanol–water partition coefficient (Wildman–Crippen LogP) is 0.535. The number of nitriles is 1. The lowest BCUT2D eigenvalue weighted by molar-refractivity contribution is -0.140. The predicted molar refractivity (Wildman–Crippen MR) is 73.1 cm³/mol. The second-order valence-corrected chi connectivity index (χ2v) is 5.76. The zero-order valence-electron chi connectivity index (χ0n) is 11.1. The minimum Gasteiger partial charge on any atom is -0.480 e. The Morgan fingerprint density at radius 3 is 2.71 bits per heavy atom. The fraction of sp³-hybridized carbons (Fsp3) is 0.308. The molecule has 0 aliphatic carbocycles. The highest BCUT2D eigenvalue weighted by atomic mass is 32.2. The number of rotatable bonds is 6. The van der Waals surface area contributed by atoms with Crippen molar-refractivity contribution >= 4 is 22.7 Å². The number of carboxylic acid groups (broad SMARTS) is 1. The van der Waals surface area contributed by atoms with E-state index in [9.17, 15) is 18.2 Å². The molecule has 21 heavy (non-hydrogen) atoms. The molecule has 0 heterocycles. The average molecular weight is 312 g/mol. The molecule has 0 aromatic heterocycles. The number of nitrogens with one attached hydrogen (secondary N) is 1. The molecule has 0 spiro atoms. The van der Waals surface area contributed by atoms with Gasteiger partial charge in [-0.15, -0.1) is 0 Å². The van der Waals surface area contributed by atoms with E-state index in [0.717, 1.165) is 13.0 Å². The Kier molecular flexibility index (Phi) is 5.99. The van der Waals surface area contributed by atoms with Crippen LogP contribution in [-0.4, -0.2) is 33.0 Å². The summed E-state index contributed by atoms with van der Waals surface area (Å²) in [5.74, 6) is -3.06. The number of amides is 1. The molecule has 112 valence electrons. The number of benzene rings is 1. The van der Waals surface area contributed by atoms with Crippen molar-refractivity contribution in [2.75, 3.05) is 5.75 Å². The Labute approximate surface area is 123 Å². The Balaban J connectivity index is 2.79. The van der Waals surface area contributed by atoms with Crippen LogP contribution in [0.2, 0.25) is 0 Å². The number of hydrogen-bond donors (Lipinski definition) is 2. The van der Waals surface area contributed by atoms with Gasteiger partial charge in [-0.2, -0.15) is 5.26 Å². The lowest BCUT2D eigenvalue weighted by Gasteiger charge is -2.13. The van der Waals surface area contributed by atoms with Gasteiger partial charge in [0.2, 0.25) is 5.91 Å². The molecule has 0 saturated heterocycles. The fourth-order valence-corrected chi connectivity index (χ4v) is 2.88. The van der Waals surface area contributed by atoms with Crippen LogP contribution in [0.15, 0.2) is 18.2 Å². The molecule has 0 radical (unpaired) electrons. The van der Waals surface area contributed by atoms with Crippen molar-refractivity contribution < 1.29 is 23.3 Å². The summed E-state index contributed by atoms with van der Waals surface area (Å²) in [6.45, 7) is 1.15. The molecule has 0 bridgehead atoms. The van der Waals surface area contributed by atoms with Gasteiger partial charge in [0, 0.05) is 23.3 Å². The van der Waals surface area contributed by atoms with E-state index in [1.165, 1.54) is 12.1 Å². The highest BCUT2D eigenvalue weighted by Gasteiger charge is 2.22. The molecular formula is C13H13FN2O4S. The zero-order valence-corrected chi connectivity index (χ0v) is 11.9. The van der Waals surface area contributed by atoms with E-state index >= 15 is 0 Å². The first-order valence-electron chi connectivity index (χ1n) is 5.87. The highest BCUT2D eigenvalue weighted by molar-refractivity contribution is 7.84. The molecule has 0 aliphatic heterocycles. The number of halogens is 1. The van der Waals surface area contributed by atoms with Crippen molar-refractivity contribution in [3.63, 3.8) is 0 Å². The summed E-state index contributed by atoms with van der Waals surface area (Å²) in [7, 11) is -1.70. The normalized spacial score (nSPS) is 13.0. The largest absolute Gasteiger partial charge is 0.480 e. The molecule has 1 unspecified atom stereocenters. The number of carbonyl (C=O) groups is 2. The highest BCUT2D eigenvalue weighted by Crippen LogP contribution is 2.13. The van der Waals surface area contributed by atoms with Gasteiger partial charge in [-0.3, -0.25) is 9.00 Å². The molecule has 8 heteroatoms. The van der Waals surface area contributed by atoms with Crippen molar-refractivity contribution in [3.8, 4) is 6.07 Å². The summed E-state index contributed by atoms with van der Waals surface area (Å²) in [5.41, 5.74) is 0.291. The lowest BCUT2D eigenvalue weighted by atomic mass is 10.1. The zero-order chi connectivity index (χ0) is 16.0. The third-order valence-corrected chi connectivity index (χ3v) is 3.86. The van der Waals surface area contributed by atoms with Crippen LogP contribution < -0.4 is 5.32 Å². The standard InChI is InChI=1S/C13H13FN2O4S/c1-8(17)16-12(13(18)19)7-21(20)6-10-4-9(5-15)2-3-11(10)14/h2-4,12H,6-7H2,1H3,(H,16,17)(H,18,19)/t12-,21?/m0/s1. The summed E-state index contributed by atoms with van der Waals surface area (Å²) in [5, 5.41) is 19.8. The van der Waals surface area contributed by atoms with Crippen LogP contribution in [0, 0.1) is 17.1 Å². The van der Waals surface area contributed by atoms with Gasteiger partial charge in [-0.1, -0.05) is 0 Å². The minimum absolute atomic E-state index is 0.0688. The van der Waals surface area contributed by atoms with E-state index in [1.54, 1.807) is 0 Å². The minimum atomic E-state index is -1.70. The third-order valence-electron chi connectivity index (χ3n) is 2.52. The quantitative estimate of drug-likeness (QED) is 0.797.